The largest absolute Gasteiger partial charge is 0.494 e. The number of hydrogen-bond donors (Lipinski definition) is 1. The third kappa shape index (κ3) is 4.23. The van der Waals surface area contributed by atoms with Gasteiger partial charge in [0.25, 0.3) is 0 Å². The van der Waals surface area contributed by atoms with E-state index in [1.165, 1.54) is 0 Å². The van der Waals surface area contributed by atoms with Crippen molar-refractivity contribution in [3.8, 4) is 5.75 Å². The van der Waals surface area contributed by atoms with Crippen LogP contribution in [0.4, 0.5) is 11.4 Å². The molecule has 0 bridgehead atoms. The first-order valence-electron chi connectivity index (χ1n) is 8.99. The van der Waals surface area contributed by atoms with Crippen molar-refractivity contribution < 1.29 is 14.3 Å². The van der Waals surface area contributed by atoms with Gasteiger partial charge in [-0.2, -0.15) is 0 Å². The van der Waals surface area contributed by atoms with Crippen LogP contribution in [0.25, 0.3) is 0 Å². The third-order valence-corrected chi connectivity index (χ3v) is 4.46. The van der Waals surface area contributed by atoms with Crippen LogP contribution in [0.3, 0.4) is 0 Å². The summed E-state index contributed by atoms with van der Waals surface area (Å²) in [7, 11) is 0. The second-order valence-corrected chi connectivity index (χ2v) is 6.45. The van der Waals surface area contributed by atoms with E-state index in [4.69, 9.17) is 4.74 Å². The summed E-state index contributed by atoms with van der Waals surface area (Å²) in [6.07, 6.45) is 1.76. The summed E-state index contributed by atoms with van der Waals surface area (Å²) in [5.74, 6) is 0.859. The van der Waals surface area contributed by atoms with Crippen LogP contribution in [-0.2, 0) is 16.0 Å². The predicted octanol–water partition coefficient (Wildman–Crippen LogP) is 3.70. The number of nitrogens with zero attached hydrogens (tertiary/aromatic N) is 1. The zero-order valence-electron chi connectivity index (χ0n) is 15.2. The molecule has 1 aliphatic heterocycles. The highest BCUT2D eigenvalue weighted by Gasteiger charge is 2.23. The van der Waals surface area contributed by atoms with Gasteiger partial charge >= 0.3 is 0 Å². The molecule has 3 rings (SSSR count). The summed E-state index contributed by atoms with van der Waals surface area (Å²) in [5, 5.41) is 2.93. The first-order valence-corrected chi connectivity index (χ1v) is 8.99. The van der Waals surface area contributed by atoms with Gasteiger partial charge in [0.15, 0.2) is 0 Å². The molecule has 0 saturated carbocycles. The standard InChI is InChI=1S/C21H24N2O3/c1-3-26-18-10-7-16(8-11-18)13-20(24)22-17-9-6-15(2)19(14-17)23-12-4-5-21(23)25/h6-11,14H,3-5,12-13H2,1-2H3,(H,22,24). The van der Waals surface area contributed by atoms with Crippen LogP contribution in [0.1, 0.15) is 30.9 Å². The van der Waals surface area contributed by atoms with Crippen molar-refractivity contribution in [1.29, 1.82) is 0 Å². The van der Waals surface area contributed by atoms with Gasteiger partial charge in [-0.3, -0.25) is 9.59 Å². The predicted molar refractivity (Wildman–Crippen MR) is 103 cm³/mol. The van der Waals surface area contributed by atoms with E-state index in [1.807, 2.05) is 56.3 Å². The molecule has 1 saturated heterocycles. The maximum absolute atomic E-state index is 12.4. The minimum atomic E-state index is -0.0864. The van der Waals surface area contributed by atoms with Crippen molar-refractivity contribution in [3.05, 3.63) is 53.6 Å². The molecule has 1 fully saturated rings. The Morgan fingerprint density at radius 2 is 1.96 bits per heavy atom. The molecule has 0 aromatic heterocycles. The van der Waals surface area contributed by atoms with Crippen LogP contribution in [-0.4, -0.2) is 25.0 Å². The monoisotopic (exact) mass is 352 g/mol. The quantitative estimate of drug-likeness (QED) is 0.862. The number of carbonyl (C=O) groups excluding carboxylic acids is 2. The number of hydrogen-bond acceptors (Lipinski definition) is 3. The number of amides is 2. The fraction of sp³-hybridized carbons (Fsp3) is 0.333. The van der Waals surface area contributed by atoms with Crippen LogP contribution in [0.5, 0.6) is 5.75 Å². The number of nitrogens with one attached hydrogen (secondary N) is 1. The first kappa shape index (κ1) is 18.0. The highest BCUT2D eigenvalue weighted by molar-refractivity contribution is 5.98. The number of anilines is 2. The lowest BCUT2D eigenvalue weighted by atomic mass is 10.1. The Labute approximate surface area is 154 Å². The zero-order valence-corrected chi connectivity index (χ0v) is 15.2. The van der Waals surface area contributed by atoms with E-state index < -0.39 is 0 Å². The lowest BCUT2D eigenvalue weighted by Gasteiger charge is -2.19. The van der Waals surface area contributed by atoms with E-state index >= 15 is 0 Å². The third-order valence-electron chi connectivity index (χ3n) is 4.46. The average Bonchev–Trinajstić information content (AvgIpc) is 3.04. The molecule has 1 heterocycles. The Morgan fingerprint density at radius 3 is 2.62 bits per heavy atom. The van der Waals surface area contributed by atoms with Crippen LogP contribution < -0.4 is 15.0 Å². The zero-order chi connectivity index (χ0) is 18.5. The van der Waals surface area contributed by atoms with Crippen LogP contribution in [0, 0.1) is 6.92 Å². The molecule has 136 valence electrons. The van der Waals surface area contributed by atoms with Gasteiger partial charge in [0, 0.05) is 24.3 Å². The molecule has 0 aliphatic carbocycles. The van der Waals surface area contributed by atoms with Gasteiger partial charge < -0.3 is 15.0 Å². The van der Waals surface area contributed by atoms with Crippen molar-refractivity contribution >= 4 is 23.2 Å². The van der Waals surface area contributed by atoms with Gasteiger partial charge in [0.2, 0.25) is 11.8 Å². The van der Waals surface area contributed by atoms with Gasteiger partial charge in [-0.1, -0.05) is 18.2 Å². The Hall–Kier alpha value is -2.82. The molecule has 0 spiro atoms. The SMILES string of the molecule is CCOc1ccc(CC(=O)Nc2ccc(C)c(N3CCCC3=O)c2)cc1. The topological polar surface area (TPSA) is 58.6 Å². The maximum atomic E-state index is 12.4. The summed E-state index contributed by atoms with van der Waals surface area (Å²) in [4.78, 5) is 26.2. The molecule has 1 N–H and O–H groups in total. The number of ether oxygens (including phenoxy) is 1. The summed E-state index contributed by atoms with van der Waals surface area (Å²) in [6, 6.07) is 13.2. The van der Waals surface area contributed by atoms with Gasteiger partial charge in [-0.15, -0.1) is 0 Å². The molecule has 2 aromatic carbocycles. The Bertz CT molecular complexity index is 799. The maximum Gasteiger partial charge on any atom is 0.228 e. The van der Waals surface area contributed by atoms with Crippen LogP contribution in [0.2, 0.25) is 0 Å². The molecule has 2 aromatic rings. The Balaban J connectivity index is 1.66. The smallest absolute Gasteiger partial charge is 0.228 e. The second-order valence-electron chi connectivity index (χ2n) is 6.45. The lowest BCUT2D eigenvalue weighted by molar-refractivity contribution is -0.117. The second kappa shape index (κ2) is 8.04. The van der Waals surface area contributed by atoms with Gasteiger partial charge in [-0.25, -0.2) is 0 Å². The molecule has 2 amide bonds. The van der Waals surface area contributed by atoms with Crippen molar-refractivity contribution in [1.82, 2.24) is 0 Å². The van der Waals surface area contributed by atoms with Crippen molar-refractivity contribution in [2.75, 3.05) is 23.4 Å². The highest BCUT2D eigenvalue weighted by atomic mass is 16.5. The normalized spacial score (nSPS) is 13.8. The van der Waals surface area contributed by atoms with E-state index in [9.17, 15) is 9.59 Å². The molecule has 0 atom stereocenters. The van der Waals surface area contributed by atoms with Crippen LogP contribution >= 0.6 is 0 Å². The van der Waals surface area contributed by atoms with Gasteiger partial charge in [0.05, 0.1) is 13.0 Å². The fourth-order valence-corrected chi connectivity index (χ4v) is 3.14. The molecule has 26 heavy (non-hydrogen) atoms. The molecular formula is C21H24N2O3. The molecule has 5 heteroatoms. The molecular weight excluding hydrogens is 328 g/mol. The van der Waals surface area contributed by atoms with Crippen molar-refractivity contribution in [3.63, 3.8) is 0 Å². The average molecular weight is 352 g/mol. The molecule has 1 aliphatic rings. The Kier molecular flexibility index (Phi) is 5.56. The van der Waals surface area contributed by atoms with E-state index in [-0.39, 0.29) is 18.2 Å². The van der Waals surface area contributed by atoms with Crippen LogP contribution in [0.15, 0.2) is 42.5 Å². The molecule has 0 radical (unpaired) electrons. The van der Waals surface area contributed by atoms with E-state index in [0.29, 0.717) is 18.7 Å². The summed E-state index contributed by atoms with van der Waals surface area (Å²) < 4.78 is 5.41. The van der Waals surface area contributed by atoms with Gasteiger partial charge in [-0.05, 0) is 55.7 Å². The minimum Gasteiger partial charge on any atom is -0.494 e. The lowest BCUT2D eigenvalue weighted by Crippen LogP contribution is -2.24. The number of aryl methyl sites for hydroxylation is 1. The number of benzene rings is 2. The van der Waals surface area contributed by atoms with Gasteiger partial charge in [0.1, 0.15) is 5.75 Å². The van der Waals surface area contributed by atoms with E-state index in [0.717, 1.165) is 35.5 Å². The van der Waals surface area contributed by atoms with E-state index in [2.05, 4.69) is 5.32 Å². The summed E-state index contributed by atoms with van der Waals surface area (Å²) in [6.45, 7) is 5.28. The van der Waals surface area contributed by atoms with Crippen molar-refractivity contribution in [2.45, 2.75) is 33.1 Å². The summed E-state index contributed by atoms with van der Waals surface area (Å²) >= 11 is 0. The first-order chi connectivity index (χ1) is 12.6. The number of carbonyl (C=O) groups is 2. The summed E-state index contributed by atoms with van der Waals surface area (Å²) in [5.41, 5.74) is 3.55. The van der Waals surface area contributed by atoms with E-state index in [1.54, 1.807) is 4.90 Å². The molecule has 5 nitrogen and oxygen atoms in total. The van der Waals surface area contributed by atoms with Crippen molar-refractivity contribution in [2.24, 2.45) is 0 Å². The fourth-order valence-electron chi connectivity index (χ4n) is 3.14. The highest BCUT2D eigenvalue weighted by Crippen LogP contribution is 2.28. The number of rotatable bonds is 6. The molecule has 0 unspecified atom stereocenters. The Morgan fingerprint density at radius 1 is 1.19 bits per heavy atom. The minimum absolute atomic E-state index is 0.0864.